The molecule has 0 aliphatic rings. The summed E-state index contributed by atoms with van der Waals surface area (Å²) in [5, 5.41) is 8.68. The molecule has 362 valence electrons. The van der Waals surface area contributed by atoms with Gasteiger partial charge in [-0.3, -0.25) is 29.0 Å². The highest BCUT2D eigenvalue weighted by molar-refractivity contribution is 6.00. The van der Waals surface area contributed by atoms with E-state index in [4.69, 9.17) is 23.5 Å². The SMILES string of the molecule is CCCCC[C@@H](C(=O)NCNC(=O)c1ccc(-c2ccc(C(=O)N[C@@H](CC(C)=O)C(=O)OCc3ccccc3)c(OCC(=O)OCc3ccccc3)c2)o1)[C@@H](CC)N(C=O)OC(=O)c1cccnc1. The number of nitrogens with zero attached hydrogens (tertiary/aromatic N) is 2. The molecule has 0 radical (unpaired) electrons. The highest BCUT2D eigenvalue weighted by Gasteiger charge is 2.34. The fourth-order valence-corrected chi connectivity index (χ4v) is 7.04. The number of ketones is 1. The molecule has 0 spiro atoms. The predicted octanol–water partition coefficient (Wildman–Crippen LogP) is 6.29. The summed E-state index contributed by atoms with van der Waals surface area (Å²) in [6.45, 7) is 3.97. The molecular weight excluding hydrogens is 891 g/mol. The van der Waals surface area contributed by atoms with Crippen LogP contribution in [0.25, 0.3) is 11.3 Å². The van der Waals surface area contributed by atoms with Gasteiger partial charge in [-0.15, -0.1) is 0 Å². The number of rotatable bonds is 27. The Morgan fingerprint density at radius 1 is 0.797 bits per heavy atom. The zero-order valence-electron chi connectivity index (χ0n) is 38.6. The van der Waals surface area contributed by atoms with Crippen LogP contribution in [0.15, 0.2) is 120 Å². The quantitative estimate of drug-likeness (QED) is 0.0172. The summed E-state index contributed by atoms with van der Waals surface area (Å²) in [6, 6.07) is 25.8. The van der Waals surface area contributed by atoms with Gasteiger partial charge in [-0.1, -0.05) is 99.8 Å². The largest absolute Gasteiger partial charge is 0.481 e. The van der Waals surface area contributed by atoms with Crippen LogP contribution >= 0.6 is 0 Å². The Labute approximate surface area is 399 Å². The minimum atomic E-state index is -1.35. The Balaban J connectivity index is 1.28. The number of Topliss-reactive ketones (excluding diaryl/α,β-unsaturated/α-hetero) is 1. The summed E-state index contributed by atoms with van der Waals surface area (Å²) in [4.78, 5) is 113. The number of pyridine rings is 1. The molecule has 5 aromatic rings. The van der Waals surface area contributed by atoms with Crippen LogP contribution in [-0.2, 0) is 51.5 Å². The first-order chi connectivity index (χ1) is 33.4. The molecule has 2 aromatic heterocycles. The van der Waals surface area contributed by atoms with Crippen molar-refractivity contribution in [2.24, 2.45) is 5.92 Å². The number of furan rings is 1. The first-order valence-electron chi connectivity index (χ1n) is 22.4. The molecule has 5 rings (SSSR count). The molecule has 0 aliphatic carbocycles. The van der Waals surface area contributed by atoms with Gasteiger partial charge in [0.25, 0.3) is 11.8 Å². The Bertz CT molecular complexity index is 2520. The summed E-state index contributed by atoms with van der Waals surface area (Å²) in [5.41, 5.74) is 1.77. The lowest BCUT2D eigenvalue weighted by molar-refractivity contribution is -0.171. The van der Waals surface area contributed by atoms with E-state index in [2.05, 4.69) is 20.9 Å². The third kappa shape index (κ3) is 16.0. The summed E-state index contributed by atoms with van der Waals surface area (Å²) in [5.74, 6) is -5.70. The van der Waals surface area contributed by atoms with Crippen LogP contribution in [0.1, 0.15) is 102 Å². The Morgan fingerprint density at radius 3 is 2.14 bits per heavy atom. The molecule has 18 heteroatoms. The monoisotopic (exact) mass is 945 g/mol. The van der Waals surface area contributed by atoms with Gasteiger partial charge in [0, 0.05) is 24.4 Å². The van der Waals surface area contributed by atoms with Crippen molar-refractivity contribution in [3.63, 3.8) is 0 Å². The standard InChI is InChI=1S/C51H55N5O13/c1-4-6-9-20-39(42(5-2)56(33-57)69-50(63)38-19-14-25-52-28-38)47(60)53-32-54-49(62)44-24-23-43(68-44)37-21-22-40(45(27-37)65-31-46(59)66-29-35-15-10-7-11-16-35)48(61)55-41(26-34(3)58)51(64)67-30-36-17-12-8-13-18-36/h7-8,10-19,21-25,27-28,33,39,41-42H,4-6,9,20,26,29-32H2,1-3H3,(H,53,60)(H,54,62)(H,55,61)/t39-,41+,42-/m1/s1. The number of benzene rings is 3. The molecule has 3 atom stereocenters. The number of ether oxygens (including phenoxy) is 3. The van der Waals surface area contributed by atoms with E-state index in [0.717, 1.165) is 23.5 Å². The van der Waals surface area contributed by atoms with Crippen LogP contribution in [-0.4, -0.2) is 83.2 Å². The average molecular weight is 946 g/mol. The second-order valence-corrected chi connectivity index (χ2v) is 15.7. The fraction of sp³-hybridized carbons (Fsp3) is 0.314. The normalized spacial score (nSPS) is 12.0. The zero-order chi connectivity index (χ0) is 49.5. The molecule has 0 aliphatic heterocycles. The van der Waals surface area contributed by atoms with Crippen molar-refractivity contribution in [3.8, 4) is 17.1 Å². The Morgan fingerprint density at radius 2 is 1.51 bits per heavy atom. The highest BCUT2D eigenvalue weighted by Crippen LogP contribution is 2.30. The van der Waals surface area contributed by atoms with Crippen LogP contribution in [0.5, 0.6) is 5.75 Å². The minimum Gasteiger partial charge on any atom is -0.481 e. The maximum absolute atomic E-state index is 13.8. The van der Waals surface area contributed by atoms with Gasteiger partial charge in [0.15, 0.2) is 12.4 Å². The lowest BCUT2D eigenvalue weighted by Crippen LogP contribution is -2.49. The van der Waals surface area contributed by atoms with Crippen molar-refractivity contribution in [1.29, 1.82) is 0 Å². The van der Waals surface area contributed by atoms with E-state index in [1.807, 2.05) is 13.0 Å². The van der Waals surface area contributed by atoms with Crippen molar-refractivity contribution in [2.75, 3.05) is 13.3 Å². The summed E-state index contributed by atoms with van der Waals surface area (Å²) >= 11 is 0. The number of aromatic nitrogens is 1. The molecule has 2 heterocycles. The van der Waals surface area contributed by atoms with Crippen molar-refractivity contribution in [3.05, 3.63) is 144 Å². The van der Waals surface area contributed by atoms with Gasteiger partial charge in [0.2, 0.25) is 12.3 Å². The van der Waals surface area contributed by atoms with Crippen molar-refractivity contribution < 1.29 is 61.8 Å². The Kier molecular flexibility index (Phi) is 20.2. The number of unbranched alkanes of at least 4 members (excludes halogenated alkanes) is 2. The van der Waals surface area contributed by atoms with E-state index in [1.165, 1.54) is 55.7 Å². The maximum Gasteiger partial charge on any atom is 0.364 e. The number of carbonyl (C=O) groups is 8. The predicted molar refractivity (Wildman–Crippen MR) is 248 cm³/mol. The van der Waals surface area contributed by atoms with Gasteiger partial charge in [-0.25, -0.2) is 14.4 Å². The van der Waals surface area contributed by atoms with Gasteiger partial charge in [-0.05, 0) is 67.3 Å². The van der Waals surface area contributed by atoms with Gasteiger partial charge in [0.05, 0.1) is 29.8 Å². The molecule has 0 bridgehead atoms. The number of hydrogen-bond donors (Lipinski definition) is 3. The lowest BCUT2D eigenvalue weighted by atomic mass is 9.90. The van der Waals surface area contributed by atoms with Crippen LogP contribution in [0.4, 0.5) is 0 Å². The number of hydrogen-bond acceptors (Lipinski definition) is 14. The van der Waals surface area contributed by atoms with E-state index < -0.39 is 60.2 Å². The van der Waals surface area contributed by atoms with Crippen LogP contribution in [0, 0.1) is 5.92 Å². The van der Waals surface area contributed by atoms with Gasteiger partial charge in [0.1, 0.15) is 36.5 Å². The van der Waals surface area contributed by atoms with E-state index in [9.17, 15) is 38.4 Å². The topological polar surface area (TPSA) is 239 Å². The second-order valence-electron chi connectivity index (χ2n) is 15.7. The van der Waals surface area contributed by atoms with Crippen molar-refractivity contribution in [2.45, 2.75) is 84.6 Å². The van der Waals surface area contributed by atoms with E-state index in [1.54, 1.807) is 67.6 Å². The number of nitrogens with one attached hydrogen (secondary N) is 3. The molecule has 18 nitrogen and oxygen atoms in total. The molecule has 0 saturated carbocycles. The first kappa shape index (κ1) is 51.8. The van der Waals surface area contributed by atoms with Crippen LogP contribution in [0.3, 0.4) is 0 Å². The number of hydroxylamine groups is 2. The van der Waals surface area contributed by atoms with E-state index in [0.29, 0.717) is 30.4 Å². The van der Waals surface area contributed by atoms with E-state index in [-0.39, 0.29) is 66.9 Å². The van der Waals surface area contributed by atoms with Crippen LogP contribution < -0.4 is 20.7 Å². The average Bonchev–Trinajstić information content (AvgIpc) is 3.87. The molecule has 3 aromatic carbocycles. The zero-order valence-corrected chi connectivity index (χ0v) is 38.6. The number of amides is 4. The lowest BCUT2D eigenvalue weighted by Gasteiger charge is -2.31. The molecule has 4 amide bonds. The molecule has 0 unspecified atom stereocenters. The van der Waals surface area contributed by atoms with Crippen LogP contribution in [0.2, 0.25) is 0 Å². The van der Waals surface area contributed by atoms with Crippen molar-refractivity contribution >= 4 is 47.8 Å². The Hall–Kier alpha value is -8.15. The first-order valence-corrected chi connectivity index (χ1v) is 22.4. The highest BCUT2D eigenvalue weighted by atomic mass is 16.7. The minimum absolute atomic E-state index is 0.0305. The van der Waals surface area contributed by atoms with Gasteiger partial charge in [-0.2, -0.15) is 5.06 Å². The summed E-state index contributed by atoms with van der Waals surface area (Å²) < 4.78 is 22.5. The third-order valence-electron chi connectivity index (χ3n) is 10.6. The fourth-order valence-electron chi connectivity index (χ4n) is 7.04. The third-order valence-corrected chi connectivity index (χ3v) is 10.6. The molecule has 69 heavy (non-hydrogen) atoms. The summed E-state index contributed by atoms with van der Waals surface area (Å²) in [6.07, 6.45) is 5.75. The number of carbonyl (C=O) groups excluding carboxylic acids is 8. The second kappa shape index (κ2) is 26.9. The molecule has 0 saturated heterocycles. The smallest absolute Gasteiger partial charge is 0.364 e. The summed E-state index contributed by atoms with van der Waals surface area (Å²) in [7, 11) is 0. The molecule has 0 fully saturated rings. The van der Waals surface area contributed by atoms with E-state index >= 15 is 0 Å². The van der Waals surface area contributed by atoms with Crippen molar-refractivity contribution in [1.82, 2.24) is 26.0 Å². The van der Waals surface area contributed by atoms with Gasteiger partial charge < -0.3 is 39.4 Å². The molecular formula is C51H55N5O13. The maximum atomic E-state index is 13.8. The molecule has 3 N–H and O–H groups in total. The number of esters is 2. The van der Waals surface area contributed by atoms with Gasteiger partial charge >= 0.3 is 17.9 Å².